The number of nitrogens with one attached hydrogen (secondary N) is 1. The van der Waals surface area contributed by atoms with E-state index in [1.165, 1.54) is 19.3 Å². The van der Waals surface area contributed by atoms with Gasteiger partial charge in [-0.1, -0.05) is 6.92 Å². The fourth-order valence-corrected chi connectivity index (χ4v) is 2.65. The average Bonchev–Trinajstić information content (AvgIpc) is 2.33. The zero-order valence-electron chi connectivity index (χ0n) is 7.79. The first kappa shape index (κ1) is 8.52. The zero-order chi connectivity index (χ0) is 8.55. The van der Waals surface area contributed by atoms with E-state index < -0.39 is 0 Å². The Labute approximate surface area is 74.4 Å². The van der Waals surface area contributed by atoms with Crippen LogP contribution in [0.15, 0.2) is 0 Å². The summed E-state index contributed by atoms with van der Waals surface area (Å²) in [6, 6.07) is 0. The van der Waals surface area contributed by atoms with Gasteiger partial charge in [-0.3, -0.25) is 0 Å². The molecule has 2 fully saturated rings. The van der Waals surface area contributed by atoms with Crippen molar-refractivity contribution in [3.8, 4) is 0 Å². The summed E-state index contributed by atoms with van der Waals surface area (Å²) < 4.78 is 0. The van der Waals surface area contributed by atoms with Crippen molar-refractivity contribution in [1.29, 1.82) is 0 Å². The first-order chi connectivity index (χ1) is 5.75. The molecule has 2 rings (SSSR count). The lowest BCUT2D eigenvalue weighted by molar-refractivity contribution is 0.101. The molecule has 0 bridgehead atoms. The van der Waals surface area contributed by atoms with Crippen LogP contribution >= 0.6 is 0 Å². The smallest absolute Gasteiger partial charge is 0.0704 e. The Morgan fingerprint density at radius 1 is 1.33 bits per heavy atom. The number of aliphatic hydroxyl groups excluding tert-OH is 1. The summed E-state index contributed by atoms with van der Waals surface area (Å²) >= 11 is 0. The van der Waals surface area contributed by atoms with Crippen LogP contribution in [-0.4, -0.2) is 24.3 Å². The summed E-state index contributed by atoms with van der Waals surface area (Å²) in [6.45, 7) is 4.17. The van der Waals surface area contributed by atoms with Crippen LogP contribution in [0.1, 0.15) is 26.2 Å². The summed E-state index contributed by atoms with van der Waals surface area (Å²) in [5, 5.41) is 12.8. The predicted octanol–water partition coefficient (Wildman–Crippen LogP) is 1.00. The lowest BCUT2D eigenvalue weighted by Gasteiger charge is -2.34. The minimum atomic E-state index is -0.0686. The maximum Gasteiger partial charge on any atom is 0.0704 e. The highest BCUT2D eigenvalue weighted by Gasteiger charge is 2.32. The van der Waals surface area contributed by atoms with Gasteiger partial charge in [0.25, 0.3) is 0 Å². The van der Waals surface area contributed by atoms with E-state index in [0.717, 1.165) is 24.9 Å². The van der Waals surface area contributed by atoms with E-state index in [4.69, 9.17) is 0 Å². The van der Waals surface area contributed by atoms with Crippen molar-refractivity contribution in [3.05, 3.63) is 0 Å². The predicted molar refractivity (Wildman–Crippen MR) is 48.9 cm³/mol. The first-order valence-electron chi connectivity index (χ1n) is 5.14. The molecule has 70 valence electrons. The molecular weight excluding hydrogens is 150 g/mol. The summed E-state index contributed by atoms with van der Waals surface area (Å²) in [5.41, 5.74) is 0. The van der Waals surface area contributed by atoms with E-state index in [1.807, 2.05) is 0 Å². The Balaban J connectivity index is 1.72. The highest BCUT2D eigenvalue weighted by atomic mass is 16.3. The number of β-amino-alcohol motifs (C(OH)–C–C–N with tert-alkyl or cyclic N) is 1. The fourth-order valence-electron chi connectivity index (χ4n) is 2.65. The van der Waals surface area contributed by atoms with Crippen LogP contribution in [0, 0.1) is 17.8 Å². The lowest BCUT2D eigenvalue weighted by atomic mass is 9.71. The number of rotatable bonds is 2. The SMILES string of the molecule is CC1CC(C[C@@H]2CNC[C@H]2O)C1. The van der Waals surface area contributed by atoms with Crippen LogP contribution < -0.4 is 5.32 Å². The highest BCUT2D eigenvalue weighted by molar-refractivity contribution is 4.86. The molecule has 2 heteroatoms. The van der Waals surface area contributed by atoms with Gasteiger partial charge in [-0.05, 0) is 37.0 Å². The zero-order valence-corrected chi connectivity index (χ0v) is 7.79. The quantitative estimate of drug-likeness (QED) is 0.646. The van der Waals surface area contributed by atoms with Gasteiger partial charge < -0.3 is 10.4 Å². The normalized spacial score (nSPS) is 47.5. The Hall–Kier alpha value is -0.0800. The molecule has 0 amide bonds. The molecule has 12 heavy (non-hydrogen) atoms. The molecule has 2 aliphatic rings. The Bertz CT molecular complexity index is 154. The molecule has 1 saturated heterocycles. The topological polar surface area (TPSA) is 32.3 Å². The van der Waals surface area contributed by atoms with Gasteiger partial charge in [0.2, 0.25) is 0 Å². The molecule has 1 saturated carbocycles. The molecule has 1 heterocycles. The van der Waals surface area contributed by atoms with E-state index >= 15 is 0 Å². The van der Waals surface area contributed by atoms with E-state index in [1.54, 1.807) is 0 Å². The van der Waals surface area contributed by atoms with Crippen molar-refractivity contribution in [2.45, 2.75) is 32.3 Å². The summed E-state index contributed by atoms with van der Waals surface area (Å²) in [7, 11) is 0. The van der Waals surface area contributed by atoms with Gasteiger partial charge in [0.05, 0.1) is 6.10 Å². The van der Waals surface area contributed by atoms with Gasteiger partial charge in [0.1, 0.15) is 0 Å². The Morgan fingerprint density at radius 2 is 2.08 bits per heavy atom. The van der Waals surface area contributed by atoms with Gasteiger partial charge in [0.15, 0.2) is 0 Å². The second kappa shape index (κ2) is 3.35. The monoisotopic (exact) mass is 169 g/mol. The maximum atomic E-state index is 9.56. The Morgan fingerprint density at radius 3 is 2.58 bits per heavy atom. The molecule has 0 aromatic rings. The molecule has 0 radical (unpaired) electrons. The Kier molecular flexibility index (Phi) is 2.37. The van der Waals surface area contributed by atoms with Crippen molar-refractivity contribution < 1.29 is 5.11 Å². The van der Waals surface area contributed by atoms with Crippen molar-refractivity contribution >= 4 is 0 Å². The van der Waals surface area contributed by atoms with Crippen LogP contribution in [0.5, 0.6) is 0 Å². The van der Waals surface area contributed by atoms with Crippen LogP contribution in [0.4, 0.5) is 0 Å². The number of hydrogen-bond donors (Lipinski definition) is 2. The minimum absolute atomic E-state index is 0.0686. The second-order valence-electron chi connectivity index (χ2n) is 4.66. The fraction of sp³-hybridized carbons (Fsp3) is 1.00. The van der Waals surface area contributed by atoms with Crippen LogP contribution in [0.2, 0.25) is 0 Å². The number of aliphatic hydroxyl groups is 1. The van der Waals surface area contributed by atoms with E-state index in [-0.39, 0.29) is 6.10 Å². The van der Waals surface area contributed by atoms with Gasteiger partial charge >= 0.3 is 0 Å². The molecule has 1 aliphatic carbocycles. The molecule has 2 nitrogen and oxygen atoms in total. The van der Waals surface area contributed by atoms with Gasteiger partial charge in [-0.15, -0.1) is 0 Å². The molecule has 0 aromatic carbocycles. The second-order valence-corrected chi connectivity index (χ2v) is 4.66. The molecule has 1 aliphatic heterocycles. The largest absolute Gasteiger partial charge is 0.391 e. The van der Waals surface area contributed by atoms with Gasteiger partial charge in [0, 0.05) is 13.1 Å². The third-order valence-corrected chi connectivity index (χ3v) is 3.41. The average molecular weight is 169 g/mol. The molecular formula is C10H19NO. The third kappa shape index (κ3) is 1.64. The van der Waals surface area contributed by atoms with Crippen LogP contribution in [-0.2, 0) is 0 Å². The first-order valence-corrected chi connectivity index (χ1v) is 5.14. The molecule has 0 unspecified atom stereocenters. The van der Waals surface area contributed by atoms with Crippen LogP contribution in [0.25, 0.3) is 0 Å². The van der Waals surface area contributed by atoms with E-state index in [0.29, 0.717) is 5.92 Å². The van der Waals surface area contributed by atoms with E-state index in [2.05, 4.69) is 12.2 Å². The third-order valence-electron chi connectivity index (χ3n) is 3.41. The van der Waals surface area contributed by atoms with Crippen molar-refractivity contribution in [2.24, 2.45) is 17.8 Å². The van der Waals surface area contributed by atoms with E-state index in [9.17, 15) is 5.11 Å². The van der Waals surface area contributed by atoms with Gasteiger partial charge in [-0.2, -0.15) is 0 Å². The van der Waals surface area contributed by atoms with Crippen molar-refractivity contribution in [2.75, 3.05) is 13.1 Å². The molecule has 0 spiro atoms. The van der Waals surface area contributed by atoms with Gasteiger partial charge in [-0.25, -0.2) is 0 Å². The van der Waals surface area contributed by atoms with Crippen LogP contribution in [0.3, 0.4) is 0 Å². The minimum Gasteiger partial charge on any atom is -0.391 e. The summed E-state index contributed by atoms with van der Waals surface area (Å²) in [6.07, 6.45) is 3.96. The molecule has 0 aromatic heterocycles. The summed E-state index contributed by atoms with van der Waals surface area (Å²) in [4.78, 5) is 0. The molecule has 2 atom stereocenters. The maximum absolute atomic E-state index is 9.56. The highest BCUT2D eigenvalue weighted by Crippen LogP contribution is 2.38. The lowest BCUT2D eigenvalue weighted by Crippen LogP contribution is -2.27. The van der Waals surface area contributed by atoms with Crippen molar-refractivity contribution in [3.63, 3.8) is 0 Å². The standard InChI is InChI=1S/C10H19NO/c1-7-2-8(3-7)4-9-5-11-6-10(9)12/h7-12H,2-6H2,1H3/t7?,8?,9-,10-/m1/s1. The number of hydrogen-bond acceptors (Lipinski definition) is 2. The van der Waals surface area contributed by atoms with Crippen molar-refractivity contribution in [1.82, 2.24) is 5.32 Å². The molecule has 2 N–H and O–H groups in total. The summed E-state index contributed by atoms with van der Waals surface area (Å²) in [5.74, 6) is 2.41.